The number of sulfonamides is 1. The van der Waals surface area contributed by atoms with Crippen LogP contribution in [0.4, 0.5) is 10.7 Å². The number of hydrogen-bond donors (Lipinski definition) is 3. The standard InChI is InChI=1S/C16H19N5O6S/c1-11-10-14(25-2)19-15(18-11)20-16(22)21-28(23,24)13-7-5-4-6-12(13)27-9-8-17-26-3/h4-10,17H,1-3H3,(H2,18,19,20,21,22). The summed E-state index contributed by atoms with van der Waals surface area (Å²) >= 11 is 0. The van der Waals surface area contributed by atoms with Gasteiger partial charge in [0, 0.05) is 11.8 Å². The van der Waals surface area contributed by atoms with Gasteiger partial charge in [-0.25, -0.2) is 22.9 Å². The average molecular weight is 409 g/mol. The van der Waals surface area contributed by atoms with Crippen molar-refractivity contribution in [3.8, 4) is 11.6 Å². The lowest BCUT2D eigenvalue weighted by Crippen LogP contribution is -2.35. The molecule has 0 bridgehead atoms. The van der Waals surface area contributed by atoms with Crippen molar-refractivity contribution in [1.82, 2.24) is 20.2 Å². The molecule has 0 aliphatic rings. The van der Waals surface area contributed by atoms with Gasteiger partial charge in [-0.1, -0.05) is 12.1 Å². The number of carbonyl (C=O) groups excluding carboxylic acids is 1. The second kappa shape index (κ2) is 9.53. The lowest BCUT2D eigenvalue weighted by atomic mass is 10.3. The zero-order valence-electron chi connectivity index (χ0n) is 15.3. The summed E-state index contributed by atoms with van der Waals surface area (Å²) in [4.78, 5) is 24.4. The fourth-order valence-corrected chi connectivity index (χ4v) is 3.02. The lowest BCUT2D eigenvalue weighted by molar-refractivity contribution is 0.126. The van der Waals surface area contributed by atoms with Crippen LogP contribution in [0.15, 0.2) is 47.7 Å². The molecule has 0 spiro atoms. The molecule has 1 aromatic carbocycles. The zero-order valence-corrected chi connectivity index (χ0v) is 16.1. The maximum Gasteiger partial charge on any atom is 0.335 e. The molecular weight excluding hydrogens is 390 g/mol. The van der Waals surface area contributed by atoms with Gasteiger partial charge in [0.2, 0.25) is 11.8 Å². The van der Waals surface area contributed by atoms with Crippen LogP contribution in [0.25, 0.3) is 0 Å². The molecule has 2 amide bonds. The molecule has 0 unspecified atom stereocenters. The highest BCUT2D eigenvalue weighted by Gasteiger charge is 2.22. The summed E-state index contributed by atoms with van der Waals surface area (Å²) in [6, 6.07) is 6.30. The second-order valence-corrected chi connectivity index (χ2v) is 6.78. The van der Waals surface area contributed by atoms with Crippen LogP contribution in [-0.4, -0.2) is 38.6 Å². The number of rotatable bonds is 8. The molecule has 0 atom stereocenters. The minimum atomic E-state index is -4.24. The highest BCUT2D eigenvalue weighted by atomic mass is 32.2. The van der Waals surface area contributed by atoms with E-state index in [4.69, 9.17) is 9.47 Å². The molecule has 0 saturated heterocycles. The van der Waals surface area contributed by atoms with Gasteiger partial charge < -0.3 is 9.47 Å². The van der Waals surface area contributed by atoms with E-state index in [1.807, 2.05) is 4.72 Å². The van der Waals surface area contributed by atoms with E-state index in [2.05, 4.69) is 25.6 Å². The van der Waals surface area contributed by atoms with Crippen molar-refractivity contribution in [3.05, 3.63) is 48.5 Å². The fraction of sp³-hybridized carbons (Fsp3) is 0.188. The average Bonchev–Trinajstić information content (AvgIpc) is 2.64. The Balaban J connectivity index is 2.15. The molecule has 0 saturated carbocycles. The van der Waals surface area contributed by atoms with E-state index in [1.165, 1.54) is 44.9 Å². The van der Waals surface area contributed by atoms with Gasteiger partial charge in [0.25, 0.3) is 10.0 Å². The maximum absolute atomic E-state index is 12.6. The Morgan fingerprint density at radius 1 is 1.18 bits per heavy atom. The molecule has 0 fully saturated rings. The summed E-state index contributed by atoms with van der Waals surface area (Å²) in [7, 11) is -1.43. The Labute approximate surface area is 161 Å². The predicted molar refractivity (Wildman–Crippen MR) is 99.0 cm³/mol. The molecule has 0 radical (unpaired) electrons. The van der Waals surface area contributed by atoms with Crippen molar-refractivity contribution in [2.75, 3.05) is 19.5 Å². The number of aromatic nitrogens is 2. The van der Waals surface area contributed by atoms with Gasteiger partial charge in [-0.2, -0.15) is 4.98 Å². The molecule has 3 N–H and O–H groups in total. The van der Waals surface area contributed by atoms with Gasteiger partial charge >= 0.3 is 6.03 Å². The summed E-state index contributed by atoms with van der Waals surface area (Å²) in [6.45, 7) is 1.67. The predicted octanol–water partition coefficient (Wildman–Crippen LogP) is 1.31. The number of ether oxygens (including phenoxy) is 2. The topological polar surface area (TPSA) is 141 Å². The van der Waals surface area contributed by atoms with Gasteiger partial charge in [-0.05, 0) is 19.1 Å². The Bertz CT molecular complexity index is 964. The van der Waals surface area contributed by atoms with Crippen LogP contribution in [0.3, 0.4) is 0 Å². The summed E-state index contributed by atoms with van der Waals surface area (Å²) in [5.41, 5.74) is 2.92. The van der Waals surface area contributed by atoms with Crippen molar-refractivity contribution in [2.45, 2.75) is 11.8 Å². The number of hydroxylamine groups is 1. The number of urea groups is 1. The van der Waals surface area contributed by atoms with E-state index in [0.717, 1.165) is 0 Å². The van der Waals surface area contributed by atoms with E-state index >= 15 is 0 Å². The zero-order chi connectivity index (χ0) is 20.6. The minimum absolute atomic E-state index is 0.00503. The first-order chi connectivity index (χ1) is 13.4. The van der Waals surface area contributed by atoms with Gasteiger partial charge in [0.1, 0.15) is 16.9 Å². The van der Waals surface area contributed by atoms with Crippen LogP contribution in [0, 0.1) is 6.92 Å². The number of aryl methyl sites for hydroxylation is 1. The number of carbonyl (C=O) groups is 1. The van der Waals surface area contributed by atoms with Gasteiger partial charge in [-0.15, -0.1) is 0 Å². The van der Waals surface area contributed by atoms with E-state index < -0.39 is 16.1 Å². The van der Waals surface area contributed by atoms with Crippen molar-refractivity contribution in [2.24, 2.45) is 0 Å². The van der Waals surface area contributed by atoms with E-state index in [-0.39, 0.29) is 22.5 Å². The van der Waals surface area contributed by atoms with Crippen molar-refractivity contribution >= 4 is 22.0 Å². The summed E-state index contributed by atoms with van der Waals surface area (Å²) < 4.78 is 37.2. The normalized spacial score (nSPS) is 11.1. The third-order valence-electron chi connectivity index (χ3n) is 3.08. The van der Waals surface area contributed by atoms with Gasteiger partial charge in [0.15, 0.2) is 0 Å². The number of methoxy groups -OCH3 is 1. The van der Waals surface area contributed by atoms with Crippen molar-refractivity contribution in [1.29, 1.82) is 0 Å². The molecule has 2 rings (SSSR count). The molecule has 12 heteroatoms. The Morgan fingerprint density at radius 3 is 2.64 bits per heavy atom. The van der Waals surface area contributed by atoms with E-state index in [9.17, 15) is 13.2 Å². The number of amides is 2. The quantitative estimate of drug-likeness (QED) is 0.434. The molecule has 28 heavy (non-hydrogen) atoms. The molecule has 150 valence electrons. The molecular formula is C16H19N5O6S. The van der Waals surface area contributed by atoms with E-state index in [1.54, 1.807) is 19.1 Å². The van der Waals surface area contributed by atoms with Crippen LogP contribution in [0.5, 0.6) is 11.6 Å². The summed E-state index contributed by atoms with van der Waals surface area (Å²) in [6.07, 6.45) is 2.50. The van der Waals surface area contributed by atoms with Crippen molar-refractivity contribution < 1.29 is 27.5 Å². The molecule has 0 aliphatic heterocycles. The van der Waals surface area contributed by atoms with Crippen LogP contribution >= 0.6 is 0 Å². The molecule has 1 aromatic heterocycles. The van der Waals surface area contributed by atoms with Crippen LogP contribution in [0.1, 0.15) is 5.69 Å². The summed E-state index contributed by atoms with van der Waals surface area (Å²) in [5, 5.41) is 2.25. The number of nitrogens with zero attached hydrogens (tertiary/aromatic N) is 2. The number of nitrogens with one attached hydrogen (secondary N) is 3. The Kier molecular flexibility index (Phi) is 7.12. The third-order valence-corrected chi connectivity index (χ3v) is 4.45. The largest absolute Gasteiger partial charge is 0.481 e. The number of benzene rings is 1. The van der Waals surface area contributed by atoms with Crippen LogP contribution < -0.4 is 25.0 Å². The van der Waals surface area contributed by atoms with Crippen LogP contribution in [0.2, 0.25) is 0 Å². The number of hydrogen-bond acceptors (Lipinski definition) is 9. The highest BCUT2D eigenvalue weighted by molar-refractivity contribution is 7.90. The highest BCUT2D eigenvalue weighted by Crippen LogP contribution is 2.23. The lowest BCUT2D eigenvalue weighted by Gasteiger charge is -2.11. The Hall–Kier alpha value is -3.38. The second-order valence-electron chi connectivity index (χ2n) is 5.12. The Morgan fingerprint density at radius 2 is 1.93 bits per heavy atom. The first kappa shape index (κ1) is 20.9. The van der Waals surface area contributed by atoms with Crippen LogP contribution in [-0.2, 0) is 14.9 Å². The smallest absolute Gasteiger partial charge is 0.335 e. The number of para-hydroxylation sites is 1. The molecule has 0 aliphatic carbocycles. The third kappa shape index (κ3) is 5.82. The maximum atomic E-state index is 12.6. The van der Waals surface area contributed by atoms with Crippen molar-refractivity contribution in [3.63, 3.8) is 0 Å². The fourth-order valence-electron chi connectivity index (χ4n) is 1.98. The molecule has 1 heterocycles. The first-order valence-corrected chi connectivity index (χ1v) is 9.26. The minimum Gasteiger partial charge on any atom is -0.481 e. The molecule has 11 nitrogen and oxygen atoms in total. The number of anilines is 1. The van der Waals surface area contributed by atoms with Gasteiger partial charge in [-0.3, -0.25) is 15.6 Å². The van der Waals surface area contributed by atoms with Gasteiger partial charge in [0.05, 0.1) is 20.4 Å². The first-order valence-electron chi connectivity index (χ1n) is 7.78. The summed E-state index contributed by atoms with van der Waals surface area (Å²) in [5.74, 6) is 0.119. The molecule has 2 aromatic rings. The van der Waals surface area contributed by atoms with E-state index in [0.29, 0.717) is 5.69 Å². The SMILES string of the molecule is CONC=COc1ccccc1S(=O)(=O)NC(=O)Nc1nc(C)cc(OC)n1. The monoisotopic (exact) mass is 409 g/mol.